The van der Waals surface area contributed by atoms with Gasteiger partial charge in [0.2, 0.25) is 5.91 Å². The second-order valence-corrected chi connectivity index (χ2v) is 5.39. The summed E-state index contributed by atoms with van der Waals surface area (Å²) in [4.78, 5) is 11.4. The second kappa shape index (κ2) is 5.15. The highest BCUT2D eigenvalue weighted by Crippen LogP contribution is 2.45. The third kappa shape index (κ3) is 2.84. The number of carbonyl (C=O) groups excluding carboxylic acids is 1. The number of alkyl halides is 3. The van der Waals surface area contributed by atoms with Crippen LogP contribution in [0.1, 0.15) is 36.9 Å². The van der Waals surface area contributed by atoms with Gasteiger partial charge in [-0.2, -0.15) is 18.3 Å². The van der Waals surface area contributed by atoms with Crippen molar-refractivity contribution in [3.8, 4) is 11.3 Å². The number of aromatic nitrogens is 2. The highest BCUT2D eigenvalue weighted by molar-refractivity contribution is 5.94. The third-order valence-electron chi connectivity index (χ3n) is 3.57. The van der Waals surface area contributed by atoms with E-state index < -0.39 is 11.7 Å². The maximum Gasteiger partial charge on any atom is 0.416 e. The molecule has 1 fully saturated rings. The summed E-state index contributed by atoms with van der Waals surface area (Å²) in [6.45, 7) is 1.39. The molecule has 2 aromatic rings. The monoisotopic (exact) mass is 309 g/mol. The Morgan fingerprint density at radius 1 is 1.27 bits per heavy atom. The largest absolute Gasteiger partial charge is 0.416 e. The number of nitrogens with zero attached hydrogens (tertiary/aromatic N) is 1. The first-order valence-electron chi connectivity index (χ1n) is 6.89. The predicted octanol–water partition coefficient (Wildman–Crippen LogP) is 3.93. The molecule has 0 atom stereocenters. The van der Waals surface area contributed by atoms with Gasteiger partial charge < -0.3 is 5.32 Å². The van der Waals surface area contributed by atoms with Gasteiger partial charge in [-0.3, -0.25) is 9.89 Å². The number of anilines is 1. The number of H-pyrrole nitrogens is 1. The van der Waals surface area contributed by atoms with Crippen molar-refractivity contribution in [3.63, 3.8) is 0 Å². The van der Waals surface area contributed by atoms with Crippen LogP contribution in [0.5, 0.6) is 0 Å². The number of nitrogens with one attached hydrogen (secondary N) is 2. The van der Waals surface area contributed by atoms with Gasteiger partial charge in [0, 0.05) is 18.4 Å². The normalized spacial score (nSPS) is 14.9. The van der Waals surface area contributed by atoms with E-state index in [-0.39, 0.29) is 5.91 Å². The highest BCUT2D eigenvalue weighted by atomic mass is 19.4. The number of hydrogen-bond acceptors (Lipinski definition) is 2. The van der Waals surface area contributed by atoms with Crippen molar-refractivity contribution in [2.24, 2.45) is 0 Å². The van der Waals surface area contributed by atoms with E-state index >= 15 is 0 Å². The molecule has 22 heavy (non-hydrogen) atoms. The van der Waals surface area contributed by atoms with Crippen molar-refractivity contribution in [1.29, 1.82) is 0 Å². The number of carbonyl (C=O) groups is 1. The Morgan fingerprint density at radius 2 is 1.91 bits per heavy atom. The Balaban J connectivity index is 1.98. The van der Waals surface area contributed by atoms with E-state index in [0.717, 1.165) is 30.7 Å². The number of hydrogen-bond donors (Lipinski definition) is 2. The van der Waals surface area contributed by atoms with Gasteiger partial charge in [0.15, 0.2) is 0 Å². The van der Waals surface area contributed by atoms with Crippen LogP contribution in [0.15, 0.2) is 24.3 Å². The van der Waals surface area contributed by atoms with Crippen molar-refractivity contribution in [2.45, 2.75) is 31.9 Å². The van der Waals surface area contributed by atoms with Crippen molar-refractivity contribution in [2.75, 3.05) is 5.32 Å². The van der Waals surface area contributed by atoms with Crippen molar-refractivity contribution in [1.82, 2.24) is 10.2 Å². The Morgan fingerprint density at radius 3 is 2.41 bits per heavy atom. The number of halogens is 3. The van der Waals surface area contributed by atoms with Crippen LogP contribution in [-0.2, 0) is 11.0 Å². The standard InChI is InChI=1S/C15H14F3N3O/c1-8(22)19-14-12(9-2-3-9)20-21-13(14)10-4-6-11(7-5-10)15(16,17)18/h4-7,9H,2-3H2,1H3,(H,19,22)(H,20,21). The lowest BCUT2D eigenvalue weighted by atomic mass is 10.1. The molecule has 2 N–H and O–H groups in total. The SMILES string of the molecule is CC(=O)Nc1c(-c2ccc(C(F)(F)F)cc2)n[nH]c1C1CC1. The van der Waals surface area contributed by atoms with Gasteiger partial charge in [0.05, 0.1) is 16.9 Å². The second-order valence-electron chi connectivity index (χ2n) is 5.39. The number of aromatic amines is 1. The lowest BCUT2D eigenvalue weighted by Gasteiger charge is -2.08. The van der Waals surface area contributed by atoms with Crippen LogP contribution < -0.4 is 5.32 Å². The Labute approximate surface area is 124 Å². The average Bonchev–Trinajstić information content (AvgIpc) is 3.20. The third-order valence-corrected chi connectivity index (χ3v) is 3.57. The molecular weight excluding hydrogens is 295 g/mol. The molecule has 0 saturated heterocycles. The lowest BCUT2D eigenvalue weighted by Crippen LogP contribution is -2.08. The number of benzene rings is 1. The van der Waals surface area contributed by atoms with Gasteiger partial charge in [0.1, 0.15) is 5.69 Å². The molecule has 1 heterocycles. The molecule has 1 amide bonds. The van der Waals surface area contributed by atoms with Gasteiger partial charge in [0.25, 0.3) is 0 Å². The molecule has 1 aliphatic carbocycles. The Kier molecular flexibility index (Phi) is 3.42. The molecule has 0 unspecified atom stereocenters. The minimum absolute atomic E-state index is 0.239. The van der Waals surface area contributed by atoms with E-state index in [1.165, 1.54) is 19.1 Å². The number of amides is 1. The summed E-state index contributed by atoms with van der Waals surface area (Å²) in [7, 11) is 0. The fourth-order valence-corrected chi connectivity index (χ4v) is 2.35. The van der Waals surface area contributed by atoms with E-state index in [2.05, 4.69) is 15.5 Å². The van der Waals surface area contributed by atoms with Crippen molar-refractivity contribution in [3.05, 3.63) is 35.5 Å². The molecule has 7 heteroatoms. The molecule has 0 bridgehead atoms. The summed E-state index contributed by atoms with van der Waals surface area (Å²) in [5, 5.41) is 9.80. The fraction of sp³-hybridized carbons (Fsp3) is 0.333. The molecule has 1 saturated carbocycles. The van der Waals surface area contributed by atoms with E-state index in [0.29, 0.717) is 22.9 Å². The Hall–Kier alpha value is -2.31. The van der Waals surface area contributed by atoms with Crippen molar-refractivity contribution >= 4 is 11.6 Å². The zero-order chi connectivity index (χ0) is 15.9. The zero-order valence-electron chi connectivity index (χ0n) is 11.8. The molecule has 3 rings (SSSR count). The molecule has 116 valence electrons. The molecular formula is C15H14F3N3O. The van der Waals surface area contributed by atoms with E-state index in [1.54, 1.807) is 0 Å². The quantitative estimate of drug-likeness (QED) is 0.902. The van der Waals surface area contributed by atoms with Crippen LogP contribution in [0, 0.1) is 0 Å². The summed E-state index contributed by atoms with van der Waals surface area (Å²) in [5.74, 6) is 0.0917. The first-order chi connectivity index (χ1) is 10.4. The fourth-order valence-electron chi connectivity index (χ4n) is 2.35. The van der Waals surface area contributed by atoms with E-state index in [9.17, 15) is 18.0 Å². The van der Waals surface area contributed by atoms with Crippen LogP contribution >= 0.6 is 0 Å². The topological polar surface area (TPSA) is 57.8 Å². The van der Waals surface area contributed by atoms with Gasteiger partial charge in [-0.05, 0) is 25.0 Å². The molecule has 1 aliphatic rings. The summed E-state index contributed by atoms with van der Waals surface area (Å²) >= 11 is 0. The smallest absolute Gasteiger partial charge is 0.323 e. The summed E-state index contributed by atoms with van der Waals surface area (Å²) in [6, 6.07) is 4.75. The van der Waals surface area contributed by atoms with Gasteiger partial charge in [-0.1, -0.05) is 12.1 Å². The highest BCUT2D eigenvalue weighted by Gasteiger charge is 2.32. The molecule has 4 nitrogen and oxygen atoms in total. The Bertz CT molecular complexity index is 700. The maximum atomic E-state index is 12.6. The molecule has 0 spiro atoms. The molecule has 1 aromatic carbocycles. The molecule has 1 aromatic heterocycles. The lowest BCUT2D eigenvalue weighted by molar-refractivity contribution is -0.137. The van der Waals surface area contributed by atoms with Crippen LogP contribution in [0.2, 0.25) is 0 Å². The first kappa shape index (κ1) is 14.6. The minimum Gasteiger partial charge on any atom is -0.323 e. The predicted molar refractivity (Wildman–Crippen MR) is 75.3 cm³/mol. The van der Waals surface area contributed by atoms with Crippen LogP contribution in [-0.4, -0.2) is 16.1 Å². The van der Waals surface area contributed by atoms with Crippen LogP contribution in [0.3, 0.4) is 0 Å². The maximum absolute atomic E-state index is 12.6. The van der Waals surface area contributed by atoms with Gasteiger partial charge >= 0.3 is 6.18 Å². The van der Waals surface area contributed by atoms with Crippen LogP contribution in [0.25, 0.3) is 11.3 Å². The molecule has 0 radical (unpaired) electrons. The average molecular weight is 309 g/mol. The van der Waals surface area contributed by atoms with Gasteiger partial charge in [-0.15, -0.1) is 0 Å². The molecule has 0 aliphatic heterocycles. The van der Waals surface area contributed by atoms with Crippen LogP contribution in [0.4, 0.5) is 18.9 Å². The summed E-state index contributed by atoms with van der Waals surface area (Å²) in [5.41, 5.74) is 1.68. The van der Waals surface area contributed by atoms with Gasteiger partial charge in [-0.25, -0.2) is 0 Å². The first-order valence-corrected chi connectivity index (χ1v) is 6.89. The summed E-state index contributed by atoms with van der Waals surface area (Å²) in [6.07, 6.45) is -2.34. The minimum atomic E-state index is -4.37. The zero-order valence-corrected chi connectivity index (χ0v) is 11.8. The van der Waals surface area contributed by atoms with E-state index in [1.807, 2.05) is 0 Å². The van der Waals surface area contributed by atoms with Crippen molar-refractivity contribution < 1.29 is 18.0 Å². The summed E-state index contributed by atoms with van der Waals surface area (Å²) < 4.78 is 37.8. The van der Waals surface area contributed by atoms with E-state index in [4.69, 9.17) is 0 Å². The number of rotatable bonds is 3.